The lowest BCUT2D eigenvalue weighted by Crippen LogP contribution is -2.32. The van der Waals surface area contributed by atoms with E-state index in [-0.39, 0.29) is 6.04 Å². The molecule has 7 N–H and O–H groups in total. The van der Waals surface area contributed by atoms with Crippen molar-refractivity contribution in [3.63, 3.8) is 0 Å². The highest BCUT2D eigenvalue weighted by atomic mass is 15.0. The first-order valence-corrected chi connectivity index (χ1v) is 5.35. The minimum absolute atomic E-state index is 0.158. The molecule has 0 saturated carbocycles. The minimum Gasteiger partial charge on any atom is -0.399 e. The number of anilines is 1. The van der Waals surface area contributed by atoms with Gasteiger partial charge in [0.2, 0.25) is 0 Å². The van der Waals surface area contributed by atoms with Crippen LogP contribution in [-0.4, -0.2) is 26.0 Å². The Morgan fingerprint density at radius 1 is 1.41 bits per heavy atom. The molecule has 17 heavy (non-hydrogen) atoms. The summed E-state index contributed by atoms with van der Waals surface area (Å²) in [7, 11) is 0. The molecule has 0 spiro atoms. The highest BCUT2D eigenvalue weighted by Crippen LogP contribution is 2.11. The van der Waals surface area contributed by atoms with Gasteiger partial charge in [0.15, 0.2) is 0 Å². The Kier molecular flexibility index (Phi) is 5.19. The number of hydrogen-bond acceptors (Lipinski definition) is 5. The Balaban J connectivity index is 2.58. The van der Waals surface area contributed by atoms with E-state index in [0.29, 0.717) is 24.6 Å². The number of hydrogen-bond donors (Lipinski definition) is 4. The van der Waals surface area contributed by atoms with Gasteiger partial charge in [-0.2, -0.15) is 0 Å². The lowest BCUT2D eigenvalue weighted by molar-refractivity contribution is 0.654. The summed E-state index contributed by atoms with van der Waals surface area (Å²) < 4.78 is 0. The summed E-state index contributed by atoms with van der Waals surface area (Å²) in [4.78, 5) is 3.67. The smallest absolute Gasteiger partial charge is 0.0877 e. The average molecular weight is 233 g/mol. The zero-order valence-electron chi connectivity index (χ0n) is 9.76. The largest absolute Gasteiger partial charge is 0.399 e. The number of nitrogens with one attached hydrogen (secondary N) is 1. The highest BCUT2D eigenvalue weighted by molar-refractivity contribution is 5.64. The maximum atomic E-state index is 5.93. The van der Waals surface area contributed by atoms with Crippen molar-refractivity contribution in [2.75, 3.05) is 18.9 Å². The summed E-state index contributed by atoms with van der Waals surface area (Å²) in [5.74, 6) is 0. The van der Waals surface area contributed by atoms with Crippen molar-refractivity contribution in [1.29, 1.82) is 0 Å². The molecule has 0 saturated heterocycles. The zero-order valence-corrected chi connectivity index (χ0v) is 9.76. The van der Waals surface area contributed by atoms with E-state index in [0.717, 1.165) is 5.56 Å². The van der Waals surface area contributed by atoms with Crippen molar-refractivity contribution in [3.05, 3.63) is 35.9 Å². The van der Waals surface area contributed by atoms with Crippen molar-refractivity contribution in [2.45, 2.75) is 6.04 Å². The quantitative estimate of drug-likeness (QED) is 0.319. The highest BCUT2D eigenvalue weighted by Gasteiger charge is 2.01. The second-order valence-corrected chi connectivity index (χ2v) is 3.74. The normalized spacial score (nSPS) is 13.4. The van der Waals surface area contributed by atoms with Gasteiger partial charge in [-0.05, 0) is 30.5 Å². The number of aliphatic imine (C=N–C) groups is 1. The fourth-order valence-corrected chi connectivity index (χ4v) is 1.37. The Labute approximate surface area is 101 Å². The van der Waals surface area contributed by atoms with Gasteiger partial charge < -0.3 is 17.2 Å². The van der Waals surface area contributed by atoms with Crippen molar-refractivity contribution in [3.8, 4) is 0 Å². The monoisotopic (exact) mass is 233 g/mol. The van der Waals surface area contributed by atoms with Gasteiger partial charge in [-0.25, -0.2) is 0 Å². The maximum absolute atomic E-state index is 5.93. The van der Waals surface area contributed by atoms with Crippen LogP contribution in [-0.2, 0) is 0 Å². The molecular formula is C12H19N5. The Morgan fingerprint density at radius 3 is 2.65 bits per heavy atom. The first-order valence-electron chi connectivity index (χ1n) is 5.35. The Morgan fingerprint density at radius 2 is 2.06 bits per heavy atom. The fourth-order valence-electron chi connectivity index (χ4n) is 1.37. The summed E-state index contributed by atoms with van der Waals surface area (Å²) in [5, 5.41) is 3.03. The lowest BCUT2D eigenvalue weighted by Gasteiger charge is -2.09. The van der Waals surface area contributed by atoms with Gasteiger partial charge >= 0.3 is 0 Å². The third-order valence-corrected chi connectivity index (χ3v) is 2.24. The first kappa shape index (κ1) is 13.2. The van der Waals surface area contributed by atoms with Crippen LogP contribution in [0.3, 0.4) is 0 Å². The minimum atomic E-state index is -0.158. The van der Waals surface area contributed by atoms with E-state index in [1.54, 1.807) is 12.1 Å². The number of nitrogens with zero attached hydrogens (tertiary/aromatic N) is 1. The van der Waals surface area contributed by atoms with Crippen LogP contribution in [0.25, 0.3) is 5.70 Å². The summed E-state index contributed by atoms with van der Waals surface area (Å²) in [6.07, 6.45) is 1.81. The molecule has 0 aromatic heterocycles. The van der Waals surface area contributed by atoms with E-state index >= 15 is 0 Å². The second kappa shape index (κ2) is 6.67. The molecule has 5 heteroatoms. The number of nitrogen functional groups attached to an aromatic ring is 1. The van der Waals surface area contributed by atoms with Gasteiger partial charge in [0.05, 0.1) is 6.67 Å². The van der Waals surface area contributed by atoms with Crippen LogP contribution < -0.4 is 22.5 Å². The molecule has 0 aliphatic rings. The molecule has 0 amide bonds. The molecule has 0 radical (unpaired) electrons. The third kappa shape index (κ3) is 4.67. The number of rotatable bonds is 6. The summed E-state index contributed by atoms with van der Waals surface area (Å²) in [6.45, 7) is 4.46. The van der Waals surface area contributed by atoms with Crippen LogP contribution in [0.4, 0.5) is 5.69 Å². The second-order valence-electron chi connectivity index (χ2n) is 3.74. The lowest BCUT2D eigenvalue weighted by atomic mass is 10.1. The topological polar surface area (TPSA) is 102 Å². The van der Waals surface area contributed by atoms with Gasteiger partial charge in [0.25, 0.3) is 0 Å². The molecule has 0 aliphatic carbocycles. The molecule has 1 unspecified atom stereocenters. The van der Waals surface area contributed by atoms with E-state index in [1.165, 1.54) is 0 Å². The molecule has 5 nitrogen and oxygen atoms in total. The molecule has 0 bridgehead atoms. The van der Waals surface area contributed by atoms with E-state index in [2.05, 4.69) is 17.0 Å². The van der Waals surface area contributed by atoms with Crippen molar-refractivity contribution in [1.82, 2.24) is 5.32 Å². The van der Waals surface area contributed by atoms with Crippen LogP contribution in [0.5, 0.6) is 0 Å². The van der Waals surface area contributed by atoms with E-state index in [4.69, 9.17) is 17.2 Å². The Bertz CT molecular complexity index is 382. The predicted molar refractivity (Wildman–Crippen MR) is 73.4 cm³/mol. The summed E-state index contributed by atoms with van der Waals surface area (Å²) in [6, 6.07) is 7.19. The van der Waals surface area contributed by atoms with Crippen LogP contribution in [0.1, 0.15) is 5.56 Å². The van der Waals surface area contributed by atoms with Gasteiger partial charge in [0, 0.05) is 24.0 Å². The third-order valence-electron chi connectivity index (χ3n) is 2.24. The number of nitrogens with two attached hydrogens (primary N) is 3. The van der Waals surface area contributed by atoms with E-state index in [1.807, 2.05) is 18.2 Å². The average Bonchev–Trinajstić information content (AvgIpc) is 2.30. The van der Waals surface area contributed by atoms with Gasteiger partial charge in [-0.3, -0.25) is 10.3 Å². The molecule has 92 valence electrons. The fraction of sp³-hybridized carbons (Fsp3) is 0.250. The van der Waals surface area contributed by atoms with Crippen LogP contribution in [0.15, 0.2) is 35.3 Å². The van der Waals surface area contributed by atoms with E-state index in [9.17, 15) is 0 Å². The van der Waals surface area contributed by atoms with Crippen molar-refractivity contribution < 1.29 is 0 Å². The summed E-state index contributed by atoms with van der Waals surface area (Å²) in [5.41, 5.74) is 19.7. The van der Waals surface area contributed by atoms with Gasteiger partial charge in [0.1, 0.15) is 0 Å². The predicted octanol–water partition coefficient (Wildman–Crippen LogP) is 0.143. The zero-order chi connectivity index (χ0) is 12.7. The van der Waals surface area contributed by atoms with Gasteiger partial charge in [-0.15, -0.1) is 0 Å². The Hall–Kier alpha value is -1.85. The molecule has 0 aliphatic heterocycles. The molecule has 1 aromatic carbocycles. The maximum Gasteiger partial charge on any atom is 0.0877 e. The van der Waals surface area contributed by atoms with Crippen LogP contribution >= 0.6 is 0 Å². The SMILES string of the molecule is C=NCNCC(N)/C=C(\N)c1ccc(N)cc1. The van der Waals surface area contributed by atoms with Crippen LogP contribution in [0.2, 0.25) is 0 Å². The van der Waals surface area contributed by atoms with Gasteiger partial charge in [-0.1, -0.05) is 12.1 Å². The van der Waals surface area contributed by atoms with Crippen LogP contribution in [0, 0.1) is 0 Å². The molecule has 1 atom stereocenters. The molecular weight excluding hydrogens is 214 g/mol. The van der Waals surface area contributed by atoms with Crippen molar-refractivity contribution in [2.24, 2.45) is 16.5 Å². The molecule has 0 fully saturated rings. The van der Waals surface area contributed by atoms with Crippen molar-refractivity contribution >= 4 is 18.1 Å². The molecule has 1 rings (SSSR count). The molecule has 0 heterocycles. The standard InChI is InChI=1S/C12H19N5/c1-16-8-17-7-11(14)6-12(15)9-2-4-10(13)5-3-9/h2-6,11,17H,1,7-8,13-15H2/b12-6-. The first-order chi connectivity index (χ1) is 8.13. The molecule has 1 aromatic rings. The summed E-state index contributed by atoms with van der Waals surface area (Å²) >= 11 is 0. The number of benzene rings is 1. The van der Waals surface area contributed by atoms with E-state index < -0.39 is 0 Å².